The first-order valence-electron chi connectivity index (χ1n) is 5.36. The molecule has 0 aromatic carbocycles. The van der Waals surface area contributed by atoms with Crippen molar-refractivity contribution in [1.82, 2.24) is 10.1 Å². The third-order valence-electron chi connectivity index (χ3n) is 3.13. The first-order chi connectivity index (χ1) is 6.99. The molecule has 1 aromatic heterocycles. The van der Waals surface area contributed by atoms with Gasteiger partial charge in [-0.3, -0.25) is 4.90 Å². The number of nitrogens with zero attached hydrogens (tertiary/aromatic N) is 2. The second-order valence-corrected chi connectivity index (χ2v) is 4.83. The molecule has 2 rings (SSSR count). The third kappa shape index (κ3) is 2.06. The summed E-state index contributed by atoms with van der Waals surface area (Å²) in [4.78, 5) is 2.18. The van der Waals surface area contributed by atoms with Crippen molar-refractivity contribution in [2.24, 2.45) is 5.92 Å². The van der Waals surface area contributed by atoms with Gasteiger partial charge in [-0.15, -0.1) is 0 Å². The van der Waals surface area contributed by atoms with Gasteiger partial charge in [0.05, 0.1) is 11.3 Å². The molecule has 1 N–H and O–H groups in total. The molecule has 0 unspecified atom stereocenters. The molecular formula is C11H18N2O2. The summed E-state index contributed by atoms with van der Waals surface area (Å²) >= 11 is 0. The van der Waals surface area contributed by atoms with Crippen LogP contribution in [0.1, 0.15) is 25.3 Å². The number of aryl methyl sites for hydroxylation is 1. The van der Waals surface area contributed by atoms with Crippen molar-refractivity contribution in [1.29, 1.82) is 0 Å². The Hall–Kier alpha value is -0.870. The summed E-state index contributed by atoms with van der Waals surface area (Å²) in [6, 6.07) is 1.94. The fourth-order valence-electron chi connectivity index (χ4n) is 1.93. The van der Waals surface area contributed by atoms with Crippen molar-refractivity contribution in [2.45, 2.75) is 32.9 Å². The van der Waals surface area contributed by atoms with Crippen LogP contribution in [0.2, 0.25) is 0 Å². The van der Waals surface area contributed by atoms with E-state index in [4.69, 9.17) is 4.52 Å². The van der Waals surface area contributed by atoms with E-state index >= 15 is 0 Å². The standard InChI is InChI=1S/C11H18N2O2/c1-8(2)11(14)6-13(7-11)5-10-4-9(3)15-12-10/h4,8,14H,5-7H2,1-3H3. The molecule has 0 atom stereocenters. The van der Waals surface area contributed by atoms with E-state index in [2.05, 4.69) is 23.9 Å². The van der Waals surface area contributed by atoms with E-state index in [9.17, 15) is 5.11 Å². The highest BCUT2D eigenvalue weighted by Gasteiger charge is 2.43. The van der Waals surface area contributed by atoms with Crippen LogP contribution in [0, 0.1) is 12.8 Å². The van der Waals surface area contributed by atoms with Gasteiger partial charge < -0.3 is 9.63 Å². The monoisotopic (exact) mass is 210 g/mol. The highest BCUT2D eigenvalue weighted by molar-refractivity contribution is 5.06. The summed E-state index contributed by atoms with van der Waals surface area (Å²) < 4.78 is 4.99. The lowest BCUT2D eigenvalue weighted by molar-refractivity contribution is -0.131. The van der Waals surface area contributed by atoms with Gasteiger partial charge >= 0.3 is 0 Å². The predicted octanol–water partition coefficient (Wildman–Crippen LogP) is 1.19. The van der Waals surface area contributed by atoms with E-state index in [0.717, 1.165) is 31.1 Å². The molecule has 0 bridgehead atoms. The van der Waals surface area contributed by atoms with E-state index in [1.54, 1.807) is 0 Å². The van der Waals surface area contributed by atoms with Gasteiger partial charge in [0.1, 0.15) is 5.76 Å². The first-order valence-corrected chi connectivity index (χ1v) is 5.36. The predicted molar refractivity (Wildman–Crippen MR) is 56.3 cm³/mol. The van der Waals surface area contributed by atoms with Crippen LogP contribution in [0.15, 0.2) is 10.6 Å². The van der Waals surface area contributed by atoms with Gasteiger partial charge in [0.15, 0.2) is 0 Å². The van der Waals surface area contributed by atoms with Gasteiger partial charge in [0.25, 0.3) is 0 Å². The fourth-order valence-corrected chi connectivity index (χ4v) is 1.93. The maximum atomic E-state index is 10.1. The van der Waals surface area contributed by atoms with Crippen LogP contribution >= 0.6 is 0 Å². The Kier molecular flexibility index (Phi) is 2.56. The third-order valence-corrected chi connectivity index (χ3v) is 3.13. The van der Waals surface area contributed by atoms with Gasteiger partial charge in [0, 0.05) is 25.7 Å². The molecule has 0 amide bonds. The zero-order valence-corrected chi connectivity index (χ0v) is 9.53. The second-order valence-electron chi connectivity index (χ2n) is 4.83. The molecule has 2 heterocycles. The SMILES string of the molecule is Cc1cc(CN2CC(O)(C(C)C)C2)no1. The van der Waals surface area contributed by atoms with Crippen LogP contribution in [0.4, 0.5) is 0 Å². The summed E-state index contributed by atoms with van der Waals surface area (Å²) in [6.07, 6.45) is 0. The Morgan fingerprint density at radius 1 is 1.60 bits per heavy atom. The molecule has 84 valence electrons. The van der Waals surface area contributed by atoms with Crippen molar-refractivity contribution < 1.29 is 9.63 Å². The second kappa shape index (κ2) is 3.61. The minimum atomic E-state index is -0.501. The van der Waals surface area contributed by atoms with Crippen molar-refractivity contribution in [3.63, 3.8) is 0 Å². The van der Waals surface area contributed by atoms with E-state index in [0.29, 0.717) is 5.92 Å². The lowest BCUT2D eigenvalue weighted by Gasteiger charge is -2.48. The quantitative estimate of drug-likeness (QED) is 0.814. The van der Waals surface area contributed by atoms with Gasteiger partial charge in [-0.1, -0.05) is 19.0 Å². The lowest BCUT2D eigenvalue weighted by Crippen LogP contribution is -2.63. The zero-order chi connectivity index (χ0) is 11.1. The molecule has 0 spiro atoms. The van der Waals surface area contributed by atoms with Crippen LogP contribution in [-0.4, -0.2) is 33.9 Å². The van der Waals surface area contributed by atoms with Crippen molar-refractivity contribution in [2.75, 3.05) is 13.1 Å². The molecule has 0 aliphatic carbocycles. The minimum Gasteiger partial charge on any atom is -0.387 e. The molecule has 1 aromatic rings. The Bertz CT molecular complexity index is 340. The number of aliphatic hydroxyl groups is 1. The van der Waals surface area contributed by atoms with E-state index in [1.165, 1.54) is 0 Å². The van der Waals surface area contributed by atoms with Gasteiger partial charge in [-0.2, -0.15) is 0 Å². The van der Waals surface area contributed by atoms with Crippen LogP contribution in [0.3, 0.4) is 0 Å². The van der Waals surface area contributed by atoms with Crippen LogP contribution in [0.5, 0.6) is 0 Å². The normalized spacial score (nSPS) is 20.6. The average molecular weight is 210 g/mol. The van der Waals surface area contributed by atoms with E-state index in [1.807, 2.05) is 13.0 Å². The number of hydrogen-bond acceptors (Lipinski definition) is 4. The maximum Gasteiger partial charge on any atom is 0.133 e. The number of rotatable bonds is 3. The first kappa shape index (κ1) is 10.6. The summed E-state index contributed by atoms with van der Waals surface area (Å²) in [5.74, 6) is 1.15. The lowest BCUT2D eigenvalue weighted by atomic mass is 9.83. The smallest absolute Gasteiger partial charge is 0.133 e. The Labute approximate surface area is 89.9 Å². The van der Waals surface area contributed by atoms with Crippen LogP contribution < -0.4 is 0 Å². The number of hydrogen-bond donors (Lipinski definition) is 1. The summed E-state index contributed by atoms with van der Waals surface area (Å²) in [7, 11) is 0. The summed E-state index contributed by atoms with van der Waals surface area (Å²) in [6.45, 7) is 8.23. The molecule has 4 nitrogen and oxygen atoms in total. The zero-order valence-electron chi connectivity index (χ0n) is 9.53. The van der Waals surface area contributed by atoms with E-state index in [-0.39, 0.29) is 0 Å². The Morgan fingerprint density at radius 2 is 2.27 bits per heavy atom. The number of likely N-dealkylation sites (tertiary alicyclic amines) is 1. The molecular weight excluding hydrogens is 192 g/mol. The summed E-state index contributed by atoms with van der Waals surface area (Å²) in [5, 5.41) is 14.0. The highest BCUT2D eigenvalue weighted by Crippen LogP contribution is 2.29. The molecule has 1 aliphatic heterocycles. The van der Waals surface area contributed by atoms with Gasteiger partial charge in [-0.05, 0) is 12.8 Å². The van der Waals surface area contributed by atoms with Gasteiger partial charge in [-0.25, -0.2) is 0 Å². The minimum absolute atomic E-state index is 0.313. The Morgan fingerprint density at radius 3 is 2.73 bits per heavy atom. The molecule has 4 heteroatoms. The average Bonchev–Trinajstić information content (AvgIpc) is 2.48. The largest absolute Gasteiger partial charge is 0.387 e. The number of β-amino-alcohol motifs (C(OH)–C–C–N with tert-alkyl or cyclic N) is 1. The topological polar surface area (TPSA) is 49.5 Å². The molecule has 15 heavy (non-hydrogen) atoms. The molecule has 0 radical (unpaired) electrons. The Balaban J connectivity index is 1.86. The van der Waals surface area contributed by atoms with Crippen molar-refractivity contribution in [3.8, 4) is 0 Å². The van der Waals surface area contributed by atoms with Crippen molar-refractivity contribution >= 4 is 0 Å². The highest BCUT2D eigenvalue weighted by atomic mass is 16.5. The molecule has 1 fully saturated rings. The molecule has 1 aliphatic rings. The molecule has 1 saturated heterocycles. The summed E-state index contributed by atoms with van der Waals surface area (Å²) in [5.41, 5.74) is 0.442. The number of aromatic nitrogens is 1. The maximum absolute atomic E-state index is 10.1. The molecule has 0 saturated carbocycles. The van der Waals surface area contributed by atoms with E-state index < -0.39 is 5.60 Å². The van der Waals surface area contributed by atoms with Gasteiger partial charge in [0.2, 0.25) is 0 Å². The van der Waals surface area contributed by atoms with Crippen LogP contribution in [0.25, 0.3) is 0 Å². The van der Waals surface area contributed by atoms with Crippen LogP contribution in [-0.2, 0) is 6.54 Å². The van der Waals surface area contributed by atoms with Crippen molar-refractivity contribution in [3.05, 3.63) is 17.5 Å². The fraction of sp³-hybridized carbons (Fsp3) is 0.727.